The molecule has 162 valence electrons. The van der Waals surface area contributed by atoms with Crippen molar-refractivity contribution in [3.05, 3.63) is 65.2 Å². The first-order valence-electron chi connectivity index (χ1n) is 9.82. The molecular formula is C23H31N3O3S. The zero-order valence-electron chi connectivity index (χ0n) is 18.6. The number of carbonyl (C=O) groups is 1. The van der Waals surface area contributed by atoms with Crippen LogP contribution in [0.3, 0.4) is 0 Å². The fourth-order valence-electron chi connectivity index (χ4n) is 3.27. The zero-order chi connectivity index (χ0) is 22.5. The highest BCUT2D eigenvalue weighted by molar-refractivity contribution is 7.92. The SMILES string of the molecule is C/C(CC(C)(C)c1ccccc1)=N/NC(=O)CN(c1ccc(C)c(C)c1)S(C)(=O)=O. The van der Waals surface area contributed by atoms with Gasteiger partial charge in [0.15, 0.2) is 0 Å². The van der Waals surface area contributed by atoms with Crippen LogP contribution in [0.15, 0.2) is 53.6 Å². The summed E-state index contributed by atoms with van der Waals surface area (Å²) in [5.74, 6) is -0.490. The molecule has 0 radical (unpaired) electrons. The van der Waals surface area contributed by atoms with E-state index in [1.807, 2.05) is 45.0 Å². The Kier molecular flexibility index (Phi) is 7.42. The van der Waals surface area contributed by atoms with Crippen molar-refractivity contribution >= 4 is 27.3 Å². The summed E-state index contributed by atoms with van der Waals surface area (Å²) in [4.78, 5) is 12.4. The summed E-state index contributed by atoms with van der Waals surface area (Å²) in [6, 6.07) is 15.4. The normalized spacial score (nSPS) is 12.5. The molecule has 2 rings (SSSR count). The number of benzene rings is 2. The molecule has 2 aromatic carbocycles. The number of sulfonamides is 1. The second kappa shape index (κ2) is 9.43. The molecule has 0 aliphatic rings. The van der Waals surface area contributed by atoms with E-state index in [0.717, 1.165) is 27.4 Å². The van der Waals surface area contributed by atoms with Crippen molar-refractivity contribution in [2.24, 2.45) is 5.10 Å². The molecule has 0 atom stereocenters. The molecule has 0 aliphatic heterocycles. The Morgan fingerprint density at radius 3 is 2.27 bits per heavy atom. The van der Waals surface area contributed by atoms with Crippen LogP contribution in [0.5, 0.6) is 0 Å². The molecule has 0 heterocycles. The van der Waals surface area contributed by atoms with Crippen LogP contribution in [0.25, 0.3) is 0 Å². The smallest absolute Gasteiger partial charge is 0.260 e. The Hall–Kier alpha value is -2.67. The molecule has 0 spiro atoms. The van der Waals surface area contributed by atoms with Crippen molar-refractivity contribution in [3.63, 3.8) is 0 Å². The third-order valence-electron chi connectivity index (χ3n) is 5.09. The number of carbonyl (C=O) groups excluding carboxylic acids is 1. The summed E-state index contributed by atoms with van der Waals surface area (Å²) < 4.78 is 25.6. The maximum Gasteiger partial charge on any atom is 0.260 e. The largest absolute Gasteiger partial charge is 0.271 e. The Labute approximate surface area is 180 Å². The molecule has 2 aromatic rings. The zero-order valence-corrected chi connectivity index (χ0v) is 19.4. The third kappa shape index (κ3) is 6.42. The molecule has 0 saturated carbocycles. The minimum atomic E-state index is -3.62. The Morgan fingerprint density at radius 1 is 1.07 bits per heavy atom. The number of aryl methyl sites for hydroxylation is 2. The highest BCUT2D eigenvalue weighted by Crippen LogP contribution is 2.27. The fraction of sp³-hybridized carbons (Fsp3) is 0.391. The molecule has 0 saturated heterocycles. The predicted molar refractivity (Wildman–Crippen MR) is 123 cm³/mol. The molecule has 30 heavy (non-hydrogen) atoms. The maximum absolute atomic E-state index is 12.4. The lowest BCUT2D eigenvalue weighted by Crippen LogP contribution is -2.39. The first-order chi connectivity index (χ1) is 13.9. The van der Waals surface area contributed by atoms with Crippen molar-refractivity contribution in [2.75, 3.05) is 17.1 Å². The van der Waals surface area contributed by atoms with Gasteiger partial charge in [0.05, 0.1) is 11.9 Å². The molecule has 0 aromatic heterocycles. The second-order valence-electron chi connectivity index (χ2n) is 8.35. The molecule has 0 bridgehead atoms. The van der Waals surface area contributed by atoms with E-state index in [1.54, 1.807) is 12.1 Å². The van der Waals surface area contributed by atoms with Gasteiger partial charge in [-0.15, -0.1) is 0 Å². The lowest BCUT2D eigenvalue weighted by molar-refractivity contribution is -0.119. The highest BCUT2D eigenvalue weighted by Gasteiger charge is 2.23. The van der Waals surface area contributed by atoms with Crippen molar-refractivity contribution in [1.82, 2.24) is 5.43 Å². The van der Waals surface area contributed by atoms with Gasteiger partial charge in [-0.3, -0.25) is 9.10 Å². The summed E-state index contributed by atoms with van der Waals surface area (Å²) >= 11 is 0. The van der Waals surface area contributed by atoms with Gasteiger partial charge in [0.25, 0.3) is 5.91 Å². The Balaban J connectivity index is 2.09. The van der Waals surface area contributed by atoms with E-state index in [2.05, 4.69) is 36.5 Å². The molecule has 7 heteroatoms. The van der Waals surface area contributed by atoms with E-state index in [4.69, 9.17) is 0 Å². The summed E-state index contributed by atoms with van der Waals surface area (Å²) in [7, 11) is -3.62. The molecule has 0 fully saturated rings. The van der Waals surface area contributed by atoms with Crippen molar-refractivity contribution in [1.29, 1.82) is 0 Å². The number of hydrogen-bond acceptors (Lipinski definition) is 4. The van der Waals surface area contributed by atoms with Gasteiger partial charge in [0.2, 0.25) is 10.0 Å². The van der Waals surface area contributed by atoms with Crippen LogP contribution >= 0.6 is 0 Å². The van der Waals surface area contributed by atoms with E-state index < -0.39 is 15.9 Å². The van der Waals surface area contributed by atoms with Crippen molar-refractivity contribution in [2.45, 2.75) is 46.5 Å². The topological polar surface area (TPSA) is 78.8 Å². The van der Waals surface area contributed by atoms with E-state index >= 15 is 0 Å². The molecule has 0 aliphatic carbocycles. The first-order valence-corrected chi connectivity index (χ1v) is 11.7. The summed E-state index contributed by atoms with van der Waals surface area (Å²) in [5, 5.41) is 4.19. The summed E-state index contributed by atoms with van der Waals surface area (Å²) in [5.41, 5.74) is 6.77. The standard InChI is InChI=1S/C23H31N3O3S/c1-17-12-13-21(14-18(17)2)26(30(6,28)29)16-22(27)25-24-19(3)15-23(4,5)20-10-8-7-9-11-20/h7-14H,15-16H2,1-6H3,(H,25,27)/b24-19-. The molecule has 1 N–H and O–H groups in total. The molecule has 6 nitrogen and oxygen atoms in total. The quantitative estimate of drug-likeness (QED) is 0.510. The van der Waals surface area contributed by atoms with Gasteiger partial charge in [-0.1, -0.05) is 50.2 Å². The molecule has 1 amide bonds. The third-order valence-corrected chi connectivity index (χ3v) is 6.23. The van der Waals surface area contributed by atoms with E-state index in [0.29, 0.717) is 12.1 Å². The number of amides is 1. The van der Waals surface area contributed by atoms with Crippen molar-refractivity contribution < 1.29 is 13.2 Å². The monoisotopic (exact) mass is 429 g/mol. The average Bonchev–Trinajstić information content (AvgIpc) is 2.66. The maximum atomic E-state index is 12.4. The Bertz CT molecular complexity index is 1030. The van der Waals surface area contributed by atoms with Gasteiger partial charge in [0.1, 0.15) is 6.54 Å². The van der Waals surface area contributed by atoms with Gasteiger partial charge in [-0.05, 0) is 61.4 Å². The van der Waals surface area contributed by atoms with Crippen LogP contribution in [0.4, 0.5) is 5.69 Å². The summed E-state index contributed by atoms with van der Waals surface area (Å²) in [6.45, 7) is 9.61. The fourth-order valence-corrected chi connectivity index (χ4v) is 4.12. The minimum absolute atomic E-state index is 0.141. The molecule has 0 unspecified atom stereocenters. The number of nitrogens with one attached hydrogen (secondary N) is 1. The number of anilines is 1. The van der Waals surface area contributed by atoms with Crippen LogP contribution in [0, 0.1) is 13.8 Å². The van der Waals surface area contributed by atoms with Gasteiger partial charge in [0, 0.05) is 5.71 Å². The number of rotatable bonds is 8. The van der Waals surface area contributed by atoms with Crippen LogP contribution in [-0.4, -0.2) is 32.8 Å². The number of hydrogen-bond donors (Lipinski definition) is 1. The van der Waals surface area contributed by atoms with Crippen LogP contribution < -0.4 is 9.73 Å². The van der Waals surface area contributed by atoms with Crippen LogP contribution in [0.1, 0.15) is 43.9 Å². The van der Waals surface area contributed by atoms with Crippen LogP contribution in [0.2, 0.25) is 0 Å². The van der Waals surface area contributed by atoms with E-state index in [-0.39, 0.29) is 12.0 Å². The van der Waals surface area contributed by atoms with Gasteiger partial charge in [-0.25, -0.2) is 13.8 Å². The summed E-state index contributed by atoms with van der Waals surface area (Å²) in [6.07, 6.45) is 1.75. The lowest BCUT2D eigenvalue weighted by Gasteiger charge is -2.25. The Morgan fingerprint density at radius 2 is 1.70 bits per heavy atom. The van der Waals surface area contributed by atoms with Gasteiger partial charge >= 0.3 is 0 Å². The van der Waals surface area contributed by atoms with Gasteiger partial charge < -0.3 is 0 Å². The van der Waals surface area contributed by atoms with Crippen molar-refractivity contribution in [3.8, 4) is 0 Å². The highest BCUT2D eigenvalue weighted by atomic mass is 32.2. The predicted octanol–water partition coefficient (Wildman–Crippen LogP) is 3.93. The minimum Gasteiger partial charge on any atom is -0.271 e. The lowest BCUT2D eigenvalue weighted by atomic mass is 9.80. The van der Waals surface area contributed by atoms with E-state index in [1.165, 1.54) is 5.56 Å². The second-order valence-corrected chi connectivity index (χ2v) is 10.3. The van der Waals surface area contributed by atoms with E-state index in [9.17, 15) is 13.2 Å². The first kappa shape index (κ1) is 23.6. The molecular weight excluding hydrogens is 398 g/mol. The van der Waals surface area contributed by atoms with Gasteiger partial charge in [-0.2, -0.15) is 5.10 Å². The number of nitrogens with zero attached hydrogens (tertiary/aromatic N) is 2. The number of hydrazone groups is 1. The van der Waals surface area contributed by atoms with Crippen LogP contribution in [-0.2, 0) is 20.2 Å². The average molecular weight is 430 g/mol.